The van der Waals surface area contributed by atoms with Gasteiger partial charge < -0.3 is 19.9 Å². The molecule has 208 valence electrons. The number of carbonyl (C=O) groups excluding carboxylic acids is 1. The lowest BCUT2D eigenvalue weighted by atomic mass is 9.89. The number of benzene rings is 1. The number of piperidine rings is 1. The van der Waals surface area contributed by atoms with E-state index >= 15 is 0 Å². The van der Waals surface area contributed by atoms with E-state index in [4.69, 9.17) is 9.97 Å². The van der Waals surface area contributed by atoms with Gasteiger partial charge in [0.2, 0.25) is 5.95 Å². The lowest BCUT2D eigenvalue weighted by Crippen LogP contribution is -2.38. The summed E-state index contributed by atoms with van der Waals surface area (Å²) in [6.45, 7) is 5.99. The van der Waals surface area contributed by atoms with Crippen LogP contribution in [0.15, 0.2) is 54.9 Å². The summed E-state index contributed by atoms with van der Waals surface area (Å²) in [7, 11) is 0. The first-order chi connectivity index (χ1) is 19.4. The van der Waals surface area contributed by atoms with Crippen molar-refractivity contribution in [2.75, 3.05) is 18.4 Å². The smallest absolute Gasteiger partial charge is 0.253 e. The summed E-state index contributed by atoms with van der Waals surface area (Å²) in [6.07, 6.45) is 9.40. The van der Waals surface area contributed by atoms with Crippen LogP contribution in [-0.2, 0) is 6.54 Å². The van der Waals surface area contributed by atoms with Gasteiger partial charge in [0.05, 0.1) is 6.10 Å². The van der Waals surface area contributed by atoms with Crippen LogP contribution in [0.2, 0.25) is 0 Å². The van der Waals surface area contributed by atoms with Gasteiger partial charge in [-0.05, 0) is 81.5 Å². The number of likely N-dealkylation sites (tertiary alicyclic amines) is 1. The molecule has 4 heterocycles. The van der Waals surface area contributed by atoms with E-state index in [1.165, 1.54) is 11.1 Å². The average molecular weight is 539 g/mol. The molecule has 1 aromatic carbocycles. The fourth-order valence-corrected chi connectivity index (χ4v) is 6.39. The summed E-state index contributed by atoms with van der Waals surface area (Å²) in [5.74, 6) is 1.06. The van der Waals surface area contributed by atoms with Gasteiger partial charge in [0.1, 0.15) is 5.65 Å². The molecule has 0 spiro atoms. The van der Waals surface area contributed by atoms with E-state index in [1.54, 1.807) is 0 Å². The maximum absolute atomic E-state index is 13.2. The topological polar surface area (TPSA) is 96.2 Å². The number of amides is 1. The molecule has 2 fully saturated rings. The Balaban J connectivity index is 1.23. The Morgan fingerprint density at radius 1 is 0.975 bits per heavy atom. The van der Waals surface area contributed by atoms with Gasteiger partial charge in [0.15, 0.2) is 0 Å². The van der Waals surface area contributed by atoms with Crippen LogP contribution in [0.3, 0.4) is 0 Å². The number of carbonyl (C=O) groups is 1. The van der Waals surface area contributed by atoms with Crippen LogP contribution < -0.4 is 5.32 Å². The number of aromatic nitrogens is 4. The van der Waals surface area contributed by atoms with Gasteiger partial charge in [-0.25, -0.2) is 4.98 Å². The molecule has 6 rings (SSSR count). The Bertz CT molecular complexity index is 1460. The molecule has 0 bridgehead atoms. The molecule has 1 aliphatic carbocycles. The highest BCUT2D eigenvalue weighted by Crippen LogP contribution is 2.38. The zero-order valence-corrected chi connectivity index (χ0v) is 23.4. The number of nitrogens with zero attached hydrogens (tertiary/aromatic N) is 5. The minimum Gasteiger partial charge on any atom is -0.393 e. The van der Waals surface area contributed by atoms with Gasteiger partial charge in [0, 0.05) is 60.4 Å². The summed E-state index contributed by atoms with van der Waals surface area (Å²) >= 11 is 0. The van der Waals surface area contributed by atoms with Crippen molar-refractivity contribution in [1.29, 1.82) is 0 Å². The van der Waals surface area contributed by atoms with Crippen molar-refractivity contribution in [1.82, 2.24) is 24.4 Å². The molecule has 4 aromatic rings. The Kier molecular flexibility index (Phi) is 7.52. The largest absolute Gasteiger partial charge is 0.393 e. The molecule has 2 N–H and O–H groups in total. The summed E-state index contributed by atoms with van der Waals surface area (Å²) in [5.41, 5.74) is 5.89. The monoisotopic (exact) mass is 538 g/mol. The maximum atomic E-state index is 13.2. The first kappa shape index (κ1) is 26.4. The average Bonchev–Trinajstić information content (AvgIpc) is 3.35. The van der Waals surface area contributed by atoms with Crippen molar-refractivity contribution in [2.45, 2.75) is 77.0 Å². The number of nitrogens with one attached hydrogen (secondary N) is 1. The van der Waals surface area contributed by atoms with E-state index in [0.717, 1.165) is 79.6 Å². The predicted octanol–water partition coefficient (Wildman–Crippen LogP) is 5.55. The van der Waals surface area contributed by atoms with Gasteiger partial charge >= 0.3 is 0 Å². The highest BCUT2D eigenvalue weighted by atomic mass is 16.3. The van der Waals surface area contributed by atoms with E-state index in [0.29, 0.717) is 24.5 Å². The molecule has 1 saturated heterocycles. The van der Waals surface area contributed by atoms with Crippen LogP contribution in [0.4, 0.5) is 5.95 Å². The number of aryl methyl sites for hydroxylation is 2. The second kappa shape index (κ2) is 11.4. The highest BCUT2D eigenvalue weighted by Gasteiger charge is 2.30. The first-order valence-electron chi connectivity index (χ1n) is 14.5. The molecule has 2 aliphatic rings. The van der Waals surface area contributed by atoms with E-state index < -0.39 is 0 Å². The third-order valence-corrected chi connectivity index (χ3v) is 8.51. The number of fused-ring (bicyclic) bond motifs is 1. The standard InChI is InChI=1S/C32H38N6O2/c1-21-16-25(17-22(2)35-21)31(40)37-14-12-24(13-15-37)29-20-38(26-8-10-27(39)11-9-26)30-28(29)19-34-32(36-30)33-18-23-6-4-3-5-7-23/h3-7,16-17,19-20,24,26-27,39H,8-15,18H2,1-2H3,(H,33,34,36). The van der Waals surface area contributed by atoms with Crippen LogP contribution in [0.1, 0.15) is 83.4 Å². The number of aliphatic hydroxyl groups excluding tert-OH is 1. The van der Waals surface area contributed by atoms with Crippen LogP contribution in [-0.4, -0.2) is 54.6 Å². The summed E-state index contributed by atoms with van der Waals surface area (Å²) in [5, 5.41) is 14.6. The minimum atomic E-state index is -0.204. The highest BCUT2D eigenvalue weighted by molar-refractivity contribution is 5.94. The second-order valence-electron chi connectivity index (χ2n) is 11.4. The SMILES string of the molecule is Cc1cc(C(=O)N2CCC(c3cn(C4CCC(O)CC4)c4nc(NCc5ccccc5)ncc34)CC2)cc(C)n1. The Morgan fingerprint density at radius 3 is 2.38 bits per heavy atom. The number of hydrogen-bond donors (Lipinski definition) is 2. The minimum absolute atomic E-state index is 0.0905. The fraction of sp³-hybridized carbons (Fsp3) is 0.438. The lowest BCUT2D eigenvalue weighted by molar-refractivity contribution is 0.0712. The molecule has 0 radical (unpaired) electrons. The van der Waals surface area contributed by atoms with Gasteiger partial charge in [-0.2, -0.15) is 4.98 Å². The quantitative estimate of drug-likeness (QED) is 0.334. The Morgan fingerprint density at radius 2 is 1.68 bits per heavy atom. The molecule has 3 aromatic heterocycles. The van der Waals surface area contributed by atoms with Crippen molar-refractivity contribution >= 4 is 22.9 Å². The van der Waals surface area contributed by atoms with Crippen molar-refractivity contribution in [3.05, 3.63) is 82.9 Å². The molecular weight excluding hydrogens is 500 g/mol. The molecule has 0 unspecified atom stereocenters. The van der Waals surface area contributed by atoms with Crippen LogP contribution in [0.25, 0.3) is 11.0 Å². The Hall–Kier alpha value is -3.78. The Labute approximate surface area is 235 Å². The molecule has 1 amide bonds. The summed E-state index contributed by atoms with van der Waals surface area (Å²) < 4.78 is 2.34. The molecule has 40 heavy (non-hydrogen) atoms. The van der Waals surface area contributed by atoms with Crippen LogP contribution >= 0.6 is 0 Å². The van der Waals surface area contributed by atoms with E-state index in [2.05, 4.69) is 33.2 Å². The van der Waals surface area contributed by atoms with Gasteiger partial charge in [-0.3, -0.25) is 9.78 Å². The van der Waals surface area contributed by atoms with E-state index in [-0.39, 0.29) is 12.0 Å². The summed E-state index contributed by atoms with van der Waals surface area (Å²) in [4.78, 5) is 29.4. The molecule has 0 atom stereocenters. The maximum Gasteiger partial charge on any atom is 0.253 e. The normalized spacial score (nSPS) is 20.1. The number of aliphatic hydroxyl groups is 1. The fourth-order valence-electron chi connectivity index (χ4n) is 6.39. The zero-order chi connectivity index (χ0) is 27.6. The van der Waals surface area contributed by atoms with Crippen molar-refractivity contribution < 1.29 is 9.90 Å². The third kappa shape index (κ3) is 5.59. The molecular formula is C32H38N6O2. The van der Waals surface area contributed by atoms with Crippen molar-refractivity contribution in [2.24, 2.45) is 0 Å². The third-order valence-electron chi connectivity index (χ3n) is 8.51. The van der Waals surface area contributed by atoms with Gasteiger partial charge in [-0.1, -0.05) is 30.3 Å². The second-order valence-corrected chi connectivity index (χ2v) is 11.4. The lowest BCUT2D eigenvalue weighted by Gasteiger charge is -2.32. The number of anilines is 1. The number of pyridine rings is 1. The van der Waals surface area contributed by atoms with Gasteiger partial charge in [0.25, 0.3) is 5.91 Å². The first-order valence-corrected chi connectivity index (χ1v) is 14.5. The molecule has 1 aliphatic heterocycles. The van der Waals surface area contributed by atoms with Gasteiger partial charge in [-0.15, -0.1) is 0 Å². The summed E-state index contributed by atoms with van der Waals surface area (Å²) in [6, 6.07) is 14.4. The van der Waals surface area contributed by atoms with Crippen LogP contribution in [0.5, 0.6) is 0 Å². The predicted molar refractivity (Wildman–Crippen MR) is 156 cm³/mol. The van der Waals surface area contributed by atoms with Crippen molar-refractivity contribution in [3.8, 4) is 0 Å². The zero-order valence-electron chi connectivity index (χ0n) is 23.4. The van der Waals surface area contributed by atoms with E-state index in [9.17, 15) is 9.90 Å². The van der Waals surface area contributed by atoms with E-state index in [1.807, 2.05) is 55.3 Å². The van der Waals surface area contributed by atoms with Crippen molar-refractivity contribution in [3.63, 3.8) is 0 Å². The molecule has 8 heteroatoms. The van der Waals surface area contributed by atoms with Crippen LogP contribution in [0, 0.1) is 13.8 Å². The molecule has 1 saturated carbocycles. The number of hydrogen-bond acceptors (Lipinski definition) is 6. The number of rotatable bonds is 6. The molecule has 8 nitrogen and oxygen atoms in total.